The van der Waals surface area contributed by atoms with Gasteiger partial charge in [-0.1, -0.05) is 36.8 Å². The molecule has 2 aromatic rings. The van der Waals surface area contributed by atoms with Crippen molar-refractivity contribution in [1.82, 2.24) is 9.88 Å². The lowest BCUT2D eigenvalue weighted by Crippen LogP contribution is -2.40. The fourth-order valence-electron chi connectivity index (χ4n) is 5.76. The number of fused-ring (bicyclic) bond motifs is 1. The first kappa shape index (κ1) is 24.9. The maximum Gasteiger partial charge on any atom is 0.407 e. The second-order valence-electron chi connectivity index (χ2n) is 11.2. The first-order valence-electron chi connectivity index (χ1n) is 13.9. The maximum atomic E-state index is 12.5. The summed E-state index contributed by atoms with van der Waals surface area (Å²) in [7, 11) is 0. The van der Waals surface area contributed by atoms with Gasteiger partial charge in [-0.05, 0) is 68.6 Å². The molecule has 3 aliphatic carbocycles. The Morgan fingerprint density at radius 2 is 1.95 bits per heavy atom. The molecule has 0 radical (unpaired) electrons. The Balaban J connectivity index is 1.25. The third-order valence-corrected chi connectivity index (χ3v) is 8.84. The number of aromatic nitrogens is 1. The molecule has 1 aromatic heterocycles. The summed E-state index contributed by atoms with van der Waals surface area (Å²) in [5.41, 5.74) is 3.30. The number of halogens is 1. The Bertz CT molecular complexity index is 1220. The van der Waals surface area contributed by atoms with Crippen LogP contribution in [-0.4, -0.2) is 42.1 Å². The average molecular weight is 525 g/mol. The van der Waals surface area contributed by atoms with Crippen LogP contribution in [0.5, 0.6) is 5.75 Å². The molecule has 198 valence electrons. The molecular formula is C30H37ClN2O4. The molecule has 4 aliphatic rings. The number of nitrogens with one attached hydrogen (secondary N) is 1. The normalized spacial score (nSPS) is 25.4. The number of rotatable bonds is 7. The zero-order valence-electron chi connectivity index (χ0n) is 21.8. The number of allylic oxidation sites excluding steroid dienone is 2. The molecule has 3 fully saturated rings. The molecule has 6 nitrogen and oxygen atoms in total. The highest BCUT2D eigenvalue weighted by Crippen LogP contribution is 2.45. The van der Waals surface area contributed by atoms with Gasteiger partial charge >= 0.3 is 6.09 Å². The fourth-order valence-corrected chi connectivity index (χ4v) is 6.12. The van der Waals surface area contributed by atoms with Gasteiger partial charge in [-0.15, -0.1) is 0 Å². The van der Waals surface area contributed by atoms with Gasteiger partial charge in [-0.3, -0.25) is 0 Å². The average Bonchev–Trinajstić information content (AvgIpc) is 3.67. The van der Waals surface area contributed by atoms with Crippen molar-refractivity contribution in [3.63, 3.8) is 0 Å². The van der Waals surface area contributed by atoms with Crippen LogP contribution in [0, 0.1) is 11.8 Å². The predicted molar refractivity (Wildman–Crippen MR) is 146 cm³/mol. The van der Waals surface area contributed by atoms with Crippen molar-refractivity contribution in [2.24, 2.45) is 11.8 Å². The van der Waals surface area contributed by atoms with Crippen molar-refractivity contribution in [3.8, 4) is 5.75 Å². The van der Waals surface area contributed by atoms with Crippen molar-refractivity contribution >= 4 is 34.2 Å². The van der Waals surface area contributed by atoms with E-state index in [1.165, 1.54) is 6.42 Å². The highest BCUT2D eigenvalue weighted by molar-refractivity contribution is 6.37. The molecule has 6 rings (SSSR count). The molecule has 1 aromatic carbocycles. The van der Waals surface area contributed by atoms with Crippen LogP contribution in [0.25, 0.3) is 16.5 Å². The Morgan fingerprint density at radius 3 is 2.62 bits per heavy atom. The largest absolute Gasteiger partial charge is 0.490 e. The maximum absolute atomic E-state index is 12.5. The molecule has 0 spiro atoms. The van der Waals surface area contributed by atoms with Crippen LogP contribution in [0.2, 0.25) is 5.02 Å². The second kappa shape index (κ2) is 10.4. The zero-order valence-corrected chi connectivity index (χ0v) is 22.5. The number of amides is 1. The number of hydrogen-bond donors (Lipinski definition) is 1. The van der Waals surface area contributed by atoms with Crippen LogP contribution < -0.4 is 10.1 Å². The molecule has 3 atom stereocenters. The summed E-state index contributed by atoms with van der Waals surface area (Å²) in [6.45, 7) is 5.62. The van der Waals surface area contributed by atoms with Crippen molar-refractivity contribution in [3.05, 3.63) is 47.1 Å². The second-order valence-corrected chi connectivity index (χ2v) is 11.6. The molecule has 1 aliphatic heterocycles. The van der Waals surface area contributed by atoms with Gasteiger partial charge < -0.3 is 24.1 Å². The third-order valence-electron chi connectivity index (χ3n) is 8.45. The van der Waals surface area contributed by atoms with E-state index in [0.717, 1.165) is 84.7 Å². The molecular weight excluding hydrogens is 488 g/mol. The fraction of sp³-hybridized carbons (Fsp3) is 0.567. The van der Waals surface area contributed by atoms with Gasteiger partial charge in [0.1, 0.15) is 18.0 Å². The number of nitrogens with zero attached hydrogens (tertiary/aromatic N) is 1. The SMILES string of the molecule is CC1C=C(c2c(Cl)c3ccc(OC4CCOCC4)cc3n2C2CCC2)C=CC1NC(=O)OC(C)C1CC1. The molecule has 37 heavy (non-hydrogen) atoms. The number of alkyl carbamates (subject to hydrolysis) is 1. The zero-order chi connectivity index (χ0) is 25.5. The van der Waals surface area contributed by atoms with E-state index in [1.807, 2.05) is 13.0 Å². The smallest absolute Gasteiger partial charge is 0.407 e. The van der Waals surface area contributed by atoms with E-state index in [0.29, 0.717) is 12.0 Å². The minimum Gasteiger partial charge on any atom is -0.490 e. The van der Waals surface area contributed by atoms with Crippen LogP contribution in [0.4, 0.5) is 4.79 Å². The summed E-state index contributed by atoms with van der Waals surface area (Å²) >= 11 is 7.08. The molecule has 3 unspecified atom stereocenters. The van der Waals surface area contributed by atoms with E-state index in [1.54, 1.807) is 0 Å². The van der Waals surface area contributed by atoms with Gasteiger partial charge in [0.2, 0.25) is 0 Å². The van der Waals surface area contributed by atoms with Crippen LogP contribution in [0.15, 0.2) is 36.4 Å². The van der Waals surface area contributed by atoms with Crippen LogP contribution >= 0.6 is 11.6 Å². The lowest BCUT2D eigenvalue weighted by Gasteiger charge is -2.31. The predicted octanol–water partition coefficient (Wildman–Crippen LogP) is 7.06. The summed E-state index contributed by atoms with van der Waals surface area (Å²) < 4.78 is 19.8. The highest BCUT2D eigenvalue weighted by Gasteiger charge is 2.32. The van der Waals surface area contributed by atoms with Crippen molar-refractivity contribution < 1.29 is 19.0 Å². The molecule has 0 bridgehead atoms. The number of carbonyl (C=O) groups excluding carboxylic acids is 1. The van der Waals surface area contributed by atoms with Crippen molar-refractivity contribution in [2.75, 3.05) is 13.2 Å². The third kappa shape index (κ3) is 5.15. The van der Waals surface area contributed by atoms with E-state index in [4.69, 9.17) is 25.8 Å². The summed E-state index contributed by atoms with van der Waals surface area (Å²) in [6.07, 6.45) is 13.9. The monoisotopic (exact) mass is 524 g/mol. The number of carbonyl (C=O) groups is 1. The summed E-state index contributed by atoms with van der Waals surface area (Å²) in [5, 5.41) is 4.89. The van der Waals surface area contributed by atoms with E-state index in [2.05, 4.69) is 47.2 Å². The Hall–Kier alpha value is -2.44. The first-order valence-corrected chi connectivity index (χ1v) is 14.3. The Morgan fingerprint density at radius 1 is 1.16 bits per heavy atom. The topological polar surface area (TPSA) is 61.7 Å². The van der Waals surface area contributed by atoms with E-state index in [-0.39, 0.29) is 30.3 Å². The van der Waals surface area contributed by atoms with E-state index >= 15 is 0 Å². The van der Waals surface area contributed by atoms with Gasteiger partial charge in [-0.25, -0.2) is 4.79 Å². The van der Waals surface area contributed by atoms with Crippen LogP contribution in [0.3, 0.4) is 0 Å². The number of hydrogen-bond acceptors (Lipinski definition) is 4. The van der Waals surface area contributed by atoms with Gasteiger partial charge in [0, 0.05) is 30.3 Å². The Labute approximate surface area is 224 Å². The van der Waals surface area contributed by atoms with Gasteiger partial charge in [0.25, 0.3) is 0 Å². The molecule has 1 N–H and O–H groups in total. The number of ether oxygens (including phenoxy) is 3. The van der Waals surface area contributed by atoms with Gasteiger partial charge in [0.15, 0.2) is 0 Å². The Kier molecular flexibility index (Phi) is 6.97. The molecule has 1 amide bonds. The van der Waals surface area contributed by atoms with E-state index < -0.39 is 0 Å². The summed E-state index contributed by atoms with van der Waals surface area (Å²) in [4.78, 5) is 12.5. The summed E-state index contributed by atoms with van der Waals surface area (Å²) in [6, 6.07) is 6.63. The quantitative estimate of drug-likeness (QED) is 0.421. The lowest BCUT2D eigenvalue weighted by molar-refractivity contribution is 0.0256. The van der Waals surface area contributed by atoms with Crippen molar-refractivity contribution in [2.45, 2.75) is 83.1 Å². The van der Waals surface area contributed by atoms with Crippen molar-refractivity contribution in [1.29, 1.82) is 0 Å². The van der Waals surface area contributed by atoms with Crippen LogP contribution in [-0.2, 0) is 9.47 Å². The first-order chi connectivity index (χ1) is 18.0. The highest BCUT2D eigenvalue weighted by atomic mass is 35.5. The molecule has 2 heterocycles. The van der Waals surface area contributed by atoms with Gasteiger partial charge in [0.05, 0.1) is 35.5 Å². The summed E-state index contributed by atoms with van der Waals surface area (Å²) in [5.74, 6) is 1.53. The lowest BCUT2D eigenvalue weighted by atomic mass is 9.89. The molecule has 2 saturated carbocycles. The van der Waals surface area contributed by atoms with Crippen LogP contribution in [0.1, 0.15) is 70.5 Å². The molecule has 7 heteroatoms. The van der Waals surface area contributed by atoms with E-state index in [9.17, 15) is 4.79 Å². The standard InChI is InChI=1S/C30H37ClN2O4/c1-18-16-21(8-11-26(18)32-30(34)36-19(2)20-6-7-20)29-28(31)25-10-9-24(37-23-12-14-35-15-13-23)17-27(25)33(29)22-4-3-5-22/h8-11,16-20,22-23,26H,3-7,12-15H2,1-2H3,(H,32,34). The van der Waals surface area contributed by atoms with Gasteiger partial charge in [-0.2, -0.15) is 0 Å². The number of benzene rings is 1. The molecule has 1 saturated heterocycles. The minimum absolute atomic E-state index is 0.0220. The minimum atomic E-state index is -0.337.